The van der Waals surface area contributed by atoms with Crippen molar-refractivity contribution in [1.29, 1.82) is 0 Å². The summed E-state index contributed by atoms with van der Waals surface area (Å²) >= 11 is 0. The van der Waals surface area contributed by atoms with Crippen molar-refractivity contribution >= 4 is 0 Å². The Morgan fingerprint density at radius 1 is 1.44 bits per heavy atom. The average Bonchev–Trinajstić information content (AvgIpc) is 2.27. The van der Waals surface area contributed by atoms with Crippen LogP contribution < -0.4 is 5.32 Å². The zero-order valence-electron chi connectivity index (χ0n) is 10.5. The maximum Gasteiger partial charge on any atom is 0.0968 e. The molecule has 0 aromatic heterocycles. The van der Waals surface area contributed by atoms with E-state index in [4.69, 9.17) is 0 Å². The molecule has 0 aliphatic rings. The van der Waals surface area contributed by atoms with Crippen LogP contribution in [0.15, 0.2) is 48.5 Å². The van der Waals surface area contributed by atoms with Gasteiger partial charge in [-0.15, -0.1) is 0 Å². The molecule has 1 N–H and O–H groups in total. The minimum Gasteiger partial charge on any atom is -0.385 e. The van der Waals surface area contributed by atoms with Gasteiger partial charge in [-0.3, -0.25) is 0 Å². The minimum absolute atomic E-state index is 0.208. The van der Waals surface area contributed by atoms with Crippen molar-refractivity contribution in [3.63, 3.8) is 0 Å². The largest absolute Gasteiger partial charge is 0.385 e. The van der Waals surface area contributed by atoms with Crippen LogP contribution in [0, 0.1) is 5.92 Å². The second-order valence-corrected chi connectivity index (χ2v) is 3.89. The van der Waals surface area contributed by atoms with Gasteiger partial charge in [0.15, 0.2) is 0 Å². The van der Waals surface area contributed by atoms with Crippen molar-refractivity contribution < 1.29 is 4.39 Å². The SMILES string of the molecule is C=C/C(=C\C=C(/C)F)CNC(=C)C(C)CC. The first kappa shape index (κ1) is 14.7. The highest BCUT2D eigenvalue weighted by atomic mass is 19.1. The van der Waals surface area contributed by atoms with Gasteiger partial charge in [-0.05, 0) is 30.9 Å². The molecule has 0 bridgehead atoms. The fourth-order valence-corrected chi connectivity index (χ4v) is 1.06. The third kappa shape index (κ3) is 6.23. The van der Waals surface area contributed by atoms with Gasteiger partial charge in [-0.2, -0.15) is 0 Å². The lowest BCUT2D eigenvalue weighted by Crippen LogP contribution is -2.19. The first-order valence-electron chi connectivity index (χ1n) is 5.59. The molecule has 1 atom stereocenters. The maximum atomic E-state index is 12.5. The van der Waals surface area contributed by atoms with E-state index in [0.29, 0.717) is 12.5 Å². The standard InChI is InChI=1S/C14H22FN/c1-6-11(3)13(5)16-10-14(7-2)9-8-12(4)15/h7-9,11,16H,2,5-6,10H2,1,3-4H3/b12-8+,14-9+. The molecule has 0 rings (SSSR count). The Balaban J connectivity index is 4.26. The molecule has 1 nitrogen and oxygen atoms in total. The van der Waals surface area contributed by atoms with Crippen LogP contribution in [0.25, 0.3) is 0 Å². The summed E-state index contributed by atoms with van der Waals surface area (Å²) in [6.07, 6.45) is 5.93. The van der Waals surface area contributed by atoms with Crippen LogP contribution in [-0.4, -0.2) is 6.54 Å². The van der Waals surface area contributed by atoms with Gasteiger partial charge in [0.2, 0.25) is 0 Å². The third-order valence-electron chi connectivity index (χ3n) is 2.52. The predicted molar refractivity (Wildman–Crippen MR) is 69.7 cm³/mol. The van der Waals surface area contributed by atoms with E-state index >= 15 is 0 Å². The van der Waals surface area contributed by atoms with Gasteiger partial charge < -0.3 is 5.32 Å². The van der Waals surface area contributed by atoms with Gasteiger partial charge in [-0.1, -0.05) is 39.2 Å². The molecular weight excluding hydrogens is 201 g/mol. The van der Waals surface area contributed by atoms with E-state index in [2.05, 4.69) is 32.3 Å². The molecule has 16 heavy (non-hydrogen) atoms. The Labute approximate surface area is 98.4 Å². The Bertz CT molecular complexity index is 296. The molecule has 0 aromatic rings. The number of hydrogen-bond acceptors (Lipinski definition) is 1. The van der Waals surface area contributed by atoms with Crippen molar-refractivity contribution in [3.05, 3.63) is 48.5 Å². The zero-order valence-corrected chi connectivity index (χ0v) is 10.5. The van der Waals surface area contributed by atoms with Crippen LogP contribution >= 0.6 is 0 Å². The van der Waals surface area contributed by atoms with Gasteiger partial charge >= 0.3 is 0 Å². The summed E-state index contributed by atoms with van der Waals surface area (Å²) in [4.78, 5) is 0. The molecule has 0 spiro atoms. The Hall–Kier alpha value is -1.31. The predicted octanol–water partition coefficient (Wildman–Crippen LogP) is 4.12. The number of nitrogens with one attached hydrogen (secondary N) is 1. The van der Waals surface area contributed by atoms with Crippen molar-refractivity contribution in [2.24, 2.45) is 5.92 Å². The average molecular weight is 223 g/mol. The smallest absolute Gasteiger partial charge is 0.0968 e. The summed E-state index contributed by atoms with van der Waals surface area (Å²) in [6, 6.07) is 0. The molecule has 2 heteroatoms. The van der Waals surface area contributed by atoms with E-state index in [9.17, 15) is 4.39 Å². The molecule has 1 unspecified atom stereocenters. The van der Waals surface area contributed by atoms with E-state index in [-0.39, 0.29) is 5.83 Å². The molecule has 0 aromatic carbocycles. The van der Waals surface area contributed by atoms with Crippen LogP contribution in [0.2, 0.25) is 0 Å². The molecule has 0 heterocycles. The molecule has 0 amide bonds. The molecule has 0 saturated carbocycles. The third-order valence-corrected chi connectivity index (χ3v) is 2.52. The van der Waals surface area contributed by atoms with Crippen molar-refractivity contribution in [3.8, 4) is 0 Å². The monoisotopic (exact) mass is 223 g/mol. The van der Waals surface area contributed by atoms with E-state index in [1.165, 1.54) is 13.0 Å². The van der Waals surface area contributed by atoms with Gasteiger partial charge in [0.1, 0.15) is 0 Å². The number of halogens is 1. The lowest BCUT2D eigenvalue weighted by molar-refractivity contribution is 0.603. The van der Waals surface area contributed by atoms with Crippen molar-refractivity contribution in [2.75, 3.05) is 6.54 Å². The van der Waals surface area contributed by atoms with Crippen LogP contribution in [0.4, 0.5) is 4.39 Å². The Morgan fingerprint density at radius 3 is 2.50 bits per heavy atom. The highest BCUT2D eigenvalue weighted by Gasteiger charge is 2.02. The maximum absolute atomic E-state index is 12.5. The van der Waals surface area contributed by atoms with Crippen LogP contribution in [0.1, 0.15) is 27.2 Å². The fourth-order valence-electron chi connectivity index (χ4n) is 1.06. The summed E-state index contributed by atoms with van der Waals surface area (Å²) in [7, 11) is 0. The second-order valence-electron chi connectivity index (χ2n) is 3.89. The highest BCUT2D eigenvalue weighted by molar-refractivity contribution is 5.25. The molecule has 0 radical (unpaired) electrons. The van der Waals surface area contributed by atoms with Crippen LogP contribution in [-0.2, 0) is 0 Å². The Kier molecular flexibility index (Phi) is 7.27. The minimum atomic E-state index is -0.208. The molecule has 0 aliphatic heterocycles. The quantitative estimate of drug-likeness (QED) is 0.640. The lowest BCUT2D eigenvalue weighted by Gasteiger charge is -2.15. The van der Waals surface area contributed by atoms with Crippen LogP contribution in [0.3, 0.4) is 0 Å². The van der Waals surface area contributed by atoms with Gasteiger partial charge in [0, 0.05) is 12.2 Å². The summed E-state index contributed by atoms with van der Waals surface area (Å²) in [5.74, 6) is 0.240. The van der Waals surface area contributed by atoms with Crippen molar-refractivity contribution in [2.45, 2.75) is 27.2 Å². The molecule has 0 aliphatic carbocycles. The normalized spacial score (nSPS) is 14.5. The molecular formula is C14H22FN. The van der Waals surface area contributed by atoms with E-state index in [0.717, 1.165) is 17.7 Å². The first-order chi connectivity index (χ1) is 7.51. The number of hydrogen-bond donors (Lipinski definition) is 1. The van der Waals surface area contributed by atoms with Gasteiger partial charge in [0.05, 0.1) is 5.83 Å². The molecule has 0 saturated heterocycles. The number of rotatable bonds is 7. The molecule has 0 fully saturated rings. The summed E-state index contributed by atoms with van der Waals surface area (Å²) < 4.78 is 12.5. The van der Waals surface area contributed by atoms with E-state index in [1.807, 2.05) is 0 Å². The summed E-state index contributed by atoms with van der Waals surface area (Å²) in [6.45, 7) is 14.0. The van der Waals surface area contributed by atoms with E-state index in [1.54, 1.807) is 12.2 Å². The Morgan fingerprint density at radius 2 is 2.06 bits per heavy atom. The summed E-state index contributed by atoms with van der Waals surface area (Å²) in [5.41, 5.74) is 1.96. The fraction of sp³-hybridized carbons (Fsp3) is 0.429. The molecule has 90 valence electrons. The number of allylic oxidation sites excluding steroid dienone is 4. The van der Waals surface area contributed by atoms with E-state index < -0.39 is 0 Å². The van der Waals surface area contributed by atoms with Crippen LogP contribution in [0.5, 0.6) is 0 Å². The topological polar surface area (TPSA) is 12.0 Å². The van der Waals surface area contributed by atoms with Gasteiger partial charge in [-0.25, -0.2) is 4.39 Å². The highest BCUT2D eigenvalue weighted by Crippen LogP contribution is 2.09. The second kappa shape index (κ2) is 7.91. The van der Waals surface area contributed by atoms with Crippen molar-refractivity contribution in [1.82, 2.24) is 5.32 Å². The first-order valence-corrected chi connectivity index (χ1v) is 5.59. The van der Waals surface area contributed by atoms with Gasteiger partial charge in [0.25, 0.3) is 0 Å². The lowest BCUT2D eigenvalue weighted by atomic mass is 10.1. The zero-order chi connectivity index (χ0) is 12.6. The summed E-state index contributed by atoms with van der Waals surface area (Å²) in [5, 5.41) is 3.22.